The van der Waals surface area contributed by atoms with Crippen molar-refractivity contribution in [1.29, 1.82) is 0 Å². The first kappa shape index (κ1) is 13.8. The predicted molar refractivity (Wildman–Crippen MR) is 87.7 cm³/mol. The average Bonchev–Trinajstić information content (AvgIpc) is 2.70. The number of carbonyl (C=O) groups is 1. The molecule has 1 aliphatic carbocycles. The quantitative estimate of drug-likeness (QED) is 0.756. The van der Waals surface area contributed by atoms with E-state index in [0.29, 0.717) is 0 Å². The van der Waals surface area contributed by atoms with Crippen molar-refractivity contribution in [3.63, 3.8) is 0 Å². The first-order chi connectivity index (χ1) is 9.72. The zero-order valence-electron chi connectivity index (χ0n) is 11.1. The molecule has 1 heterocycles. The average molecular weight is 350 g/mol. The Balaban J connectivity index is 1.77. The van der Waals surface area contributed by atoms with Crippen molar-refractivity contribution in [2.75, 3.05) is 5.32 Å². The van der Waals surface area contributed by atoms with Gasteiger partial charge in [0.05, 0.1) is 4.88 Å². The monoisotopic (exact) mass is 349 g/mol. The van der Waals surface area contributed by atoms with E-state index in [1.807, 2.05) is 24.3 Å². The minimum absolute atomic E-state index is 0.00109. The highest BCUT2D eigenvalue weighted by Crippen LogP contribution is 2.29. The smallest absolute Gasteiger partial charge is 0.265 e. The Morgan fingerprint density at radius 2 is 2.00 bits per heavy atom. The third-order valence-electron chi connectivity index (χ3n) is 3.55. The van der Waals surface area contributed by atoms with Crippen molar-refractivity contribution in [3.8, 4) is 0 Å². The molecule has 0 atom stereocenters. The third kappa shape index (κ3) is 3.13. The van der Waals surface area contributed by atoms with Gasteiger partial charge in [0.25, 0.3) is 5.91 Å². The van der Waals surface area contributed by atoms with Crippen molar-refractivity contribution in [2.45, 2.75) is 32.1 Å². The lowest BCUT2D eigenvalue weighted by atomic mass is 10.1. The highest BCUT2D eigenvalue weighted by atomic mass is 79.9. The zero-order chi connectivity index (χ0) is 13.9. The summed E-state index contributed by atoms with van der Waals surface area (Å²) in [6.07, 6.45) is 6.05. The molecule has 4 heteroatoms. The second-order valence-electron chi connectivity index (χ2n) is 5.08. The van der Waals surface area contributed by atoms with Crippen LogP contribution in [0.2, 0.25) is 0 Å². The first-order valence-electron chi connectivity index (χ1n) is 6.91. The lowest BCUT2D eigenvalue weighted by molar-refractivity contribution is 0.103. The summed E-state index contributed by atoms with van der Waals surface area (Å²) < 4.78 is 0.970. The molecule has 0 saturated heterocycles. The lowest BCUT2D eigenvalue weighted by Gasteiger charge is -2.03. The molecule has 0 spiro atoms. The number of halogens is 1. The standard InChI is InChI=1S/C16H16BrNOS/c17-12-6-4-7-13(10-12)18-16(19)15-9-11-5-2-1-3-8-14(11)20-15/h4,6-7,9-10H,1-3,5,8H2,(H,18,19). The Labute approximate surface area is 131 Å². The molecule has 0 radical (unpaired) electrons. The fourth-order valence-electron chi connectivity index (χ4n) is 2.54. The van der Waals surface area contributed by atoms with Gasteiger partial charge in [-0.3, -0.25) is 4.79 Å². The van der Waals surface area contributed by atoms with Crippen LogP contribution in [0.25, 0.3) is 0 Å². The van der Waals surface area contributed by atoms with Crippen LogP contribution in [0, 0.1) is 0 Å². The van der Waals surface area contributed by atoms with Crippen LogP contribution >= 0.6 is 27.3 Å². The van der Waals surface area contributed by atoms with Gasteiger partial charge in [0.2, 0.25) is 0 Å². The van der Waals surface area contributed by atoms with Crippen LogP contribution in [-0.4, -0.2) is 5.91 Å². The SMILES string of the molecule is O=C(Nc1cccc(Br)c1)c1cc2c(s1)CCCCC2. The summed E-state index contributed by atoms with van der Waals surface area (Å²) in [7, 11) is 0. The topological polar surface area (TPSA) is 29.1 Å². The van der Waals surface area contributed by atoms with Gasteiger partial charge in [-0.25, -0.2) is 0 Å². The van der Waals surface area contributed by atoms with Crippen LogP contribution in [0.5, 0.6) is 0 Å². The van der Waals surface area contributed by atoms with Crippen molar-refractivity contribution in [2.24, 2.45) is 0 Å². The molecular formula is C16H16BrNOS. The molecule has 0 unspecified atom stereocenters. The molecule has 2 nitrogen and oxygen atoms in total. The van der Waals surface area contributed by atoms with Gasteiger partial charge in [-0.05, 0) is 55.5 Å². The van der Waals surface area contributed by atoms with Crippen LogP contribution in [0.1, 0.15) is 39.4 Å². The Kier molecular flexibility index (Phi) is 4.22. The van der Waals surface area contributed by atoms with Crippen LogP contribution in [-0.2, 0) is 12.8 Å². The number of thiophene rings is 1. The van der Waals surface area contributed by atoms with Crippen molar-refractivity contribution in [3.05, 3.63) is 50.1 Å². The van der Waals surface area contributed by atoms with E-state index in [1.165, 1.54) is 29.7 Å². The first-order valence-corrected chi connectivity index (χ1v) is 8.52. The van der Waals surface area contributed by atoms with Crippen molar-refractivity contribution >= 4 is 38.9 Å². The van der Waals surface area contributed by atoms with Crippen molar-refractivity contribution in [1.82, 2.24) is 0 Å². The number of hydrogen-bond acceptors (Lipinski definition) is 2. The molecule has 0 fully saturated rings. The minimum Gasteiger partial charge on any atom is -0.321 e. The van der Waals surface area contributed by atoms with E-state index in [1.54, 1.807) is 11.3 Å². The van der Waals surface area contributed by atoms with Crippen LogP contribution in [0.3, 0.4) is 0 Å². The number of hydrogen-bond donors (Lipinski definition) is 1. The number of nitrogens with one attached hydrogen (secondary N) is 1. The van der Waals surface area contributed by atoms with E-state index < -0.39 is 0 Å². The molecule has 0 aliphatic heterocycles. The van der Waals surface area contributed by atoms with Gasteiger partial charge in [0, 0.05) is 15.0 Å². The molecule has 0 bridgehead atoms. The number of carbonyl (C=O) groups excluding carboxylic acids is 1. The number of rotatable bonds is 2. The molecule has 20 heavy (non-hydrogen) atoms. The maximum Gasteiger partial charge on any atom is 0.265 e. The number of anilines is 1. The summed E-state index contributed by atoms with van der Waals surface area (Å²) in [5, 5.41) is 2.97. The van der Waals surface area contributed by atoms with E-state index in [9.17, 15) is 4.79 Å². The van der Waals surface area contributed by atoms with Gasteiger partial charge < -0.3 is 5.32 Å². The molecular weight excluding hydrogens is 334 g/mol. The predicted octanol–water partition coefficient (Wildman–Crippen LogP) is 5.03. The van der Waals surface area contributed by atoms with Gasteiger partial charge >= 0.3 is 0 Å². The normalized spacial score (nSPS) is 14.4. The highest BCUT2D eigenvalue weighted by molar-refractivity contribution is 9.10. The number of benzene rings is 1. The summed E-state index contributed by atoms with van der Waals surface area (Å²) in [6, 6.07) is 9.77. The Hall–Kier alpha value is -1.13. The van der Waals surface area contributed by atoms with E-state index in [-0.39, 0.29) is 5.91 Å². The zero-order valence-corrected chi connectivity index (χ0v) is 13.5. The minimum atomic E-state index is 0.00109. The molecule has 3 rings (SSSR count). The number of amides is 1. The fraction of sp³-hybridized carbons (Fsp3) is 0.312. The largest absolute Gasteiger partial charge is 0.321 e. The third-order valence-corrected chi connectivity index (χ3v) is 5.28. The Morgan fingerprint density at radius 1 is 1.15 bits per heavy atom. The fourth-order valence-corrected chi connectivity index (χ4v) is 4.09. The molecule has 0 saturated carbocycles. The van der Waals surface area contributed by atoms with Gasteiger partial charge in [-0.15, -0.1) is 11.3 Å². The molecule has 2 aromatic rings. The summed E-state index contributed by atoms with van der Waals surface area (Å²) in [6.45, 7) is 0. The summed E-state index contributed by atoms with van der Waals surface area (Å²) in [5.74, 6) is 0.00109. The highest BCUT2D eigenvalue weighted by Gasteiger charge is 2.16. The van der Waals surface area contributed by atoms with Gasteiger partial charge in [0.1, 0.15) is 0 Å². The second-order valence-corrected chi connectivity index (χ2v) is 7.14. The van der Waals surface area contributed by atoms with E-state index in [2.05, 4.69) is 27.3 Å². The molecule has 1 amide bonds. The lowest BCUT2D eigenvalue weighted by Crippen LogP contribution is -2.10. The molecule has 104 valence electrons. The maximum atomic E-state index is 12.3. The summed E-state index contributed by atoms with van der Waals surface area (Å²) in [5.41, 5.74) is 2.21. The van der Waals surface area contributed by atoms with Gasteiger partial charge in [0.15, 0.2) is 0 Å². The van der Waals surface area contributed by atoms with E-state index >= 15 is 0 Å². The summed E-state index contributed by atoms with van der Waals surface area (Å²) in [4.78, 5) is 14.5. The second kappa shape index (κ2) is 6.10. The Morgan fingerprint density at radius 3 is 2.85 bits per heavy atom. The number of aryl methyl sites for hydroxylation is 2. The van der Waals surface area contributed by atoms with Gasteiger partial charge in [-0.2, -0.15) is 0 Å². The maximum absolute atomic E-state index is 12.3. The molecule has 1 aromatic carbocycles. The number of fused-ring (bicyclic) bond motifs is 1. The van der Waals surface area contributed by atoms with Crippen LogP contribution in [0.15, 0.2) is 34.8 Å². The molecule has 1 N–H and O–H groups in total. The van der Waals surface area contributed by atoms with Crippen molar-refractivity contribution < 1.29 is 4.79 Å². The Bertz CT molecular complexity index is 612. The van der Waals surface area contributed by atoms with Crippen LogP contribution in [0.4, 0.5) is 5.69 Å². The molecule has 1 aromatic heterocycles. The molecule has 1 aliphatic rings. The van der Waals surface area contributed by atoms with E-state index in [0.717, 1.165) is 27.9 Å². The summed E-state index contributed by atoms with van der Waals surface area (Å²) >= 11 is 5.07. The van der Waals surface area contributed by atoms with Crippen LogP contribution < -0.4 is 5.32 Å². The van der Waals surface area contributed by atoms with Gasteiger partial charge in [-0.1, -0.05) is 28.4 Å². The van der Waals surface area contributed by atoms with E-state index in [4.69, 9.17) is 0 Å².